The summed E-state index contributed by atoms with van der Waals surface area (Å²) in [7, 11) is 1.63. The van der Waals surface area contributed by atoms with E-state index in [1.807, 2.05) is 55.5 Å². The van der Waals surface area contributed by atoms with Crippen LogP contribution in [-0.2, 0) is 6.54 Å². The van der Waals surface area contributed by atoms with Crippen LogP contribution in [0.25, 0.3) is 0 Å². The Bertz CT molecular complexity index is 1290. The number of nitrogens with zero attached hydrogens (tertiary/aromatic N) is 2. The minimum Gasteiger partial charge on any atom is -0.497 e. The van der Waals surface area contributed by atoms with Crippen molar-refractivity contribution in [3.63, 3.8) is 0 Å². The summed E-state index contributed by atoms with van der Waals surface area (Å²) >= 11 is 1.67. The maximum atomic E-state index is 12.8. The average Bonchev–Trinajstić information content (AvgIpc) is 3.46. The topological polar surface area (TPSA) is 92.7 Å². The molecule has 1 saturated carbocycles. The predicted octanol–water partition coefficient (Wildman–Crippen LogP) is 6.53. The molecule has 3 amide bonds. The number of urea groups is 1. The van der Waals surface area contributed by atoms with Crippen molar-refractivity contribution in [2.75, 3.05) is 7.11 Å². The van der Waals surface area contributed by atoms with Crippen LogP contribution in [0.4, 0.5) is 4.79 Å². The molecular formula is C30H34N4O3S. The molecule has 0 saturated heterocycles. The van der Waals surface area contributed by atoms with Gasteiger partial charge >= 0.3 is 6.03 Å². The van der Waals surface area contributed by atoms with Crippen LogP contribution in [0.15, 0.2) is 58.9 Å². The second-order valence-electron chi connectivity index (χ2n) is 9.96. The van der Waals surface area contributed by atoms with Crippen LogP contribution in [0, 0.1) is 0 Å². The molecule has 0 radical (unpaired) electrons. The van der Waals surface area contributed by atoms with E-state index in [9.17, 15) is 9.59 Å². The zero-order chi connectivity index (χ0) is 26.5. The van der Waals surface area contributed by atoms with Crippen LogP contribution in [0.2, 0.25) is 0 Å². The Labute approximate surface area is 227 Å². The van der Waals surface area contributed by atoms with Crippen molar-refractivity contribution in [1.82, 2.24) is 15.6 Å². The van der Waals surface area contributed by atoms with E-state index in [2.05, 4.69) is 21.0 Å². The van der Waals surface area contributed by atoms with Crippen molar-refractivity contribution in [1.29, 1.82) is 0 Å². The van der Waals surface area contributed by atoms with Gasteiger partial charge in [-0.2, -0.15) is 0 Å². The third-order valence-electron chi connectivity index (χ3n) is 7.55. The lowest BCUT2D eigenvalue weighted by Gasteiger charge is -2.31. The predicted molar refractivity (Wildman–Crippen MR) is 150 cm³/mol. The molecule has 2 atom stereocenters. The zero-order valence-corrected chi connectivity index (χ0v) is 22.7. The molecular weight excluding hydrogens is 496 g/mol. The van der Waals surface area contributed by atoms with Crippen molar-refractivity contribution in [3.8, 4) is 5.75 Å². The SMILES string of the molecule is CCC1=NC(=O)NC(c2ccc(C(=O)NCc3ccc(OC)cc3)cc2)C1c1nc(C2CCCCC2)cs1. The minimum absolute atomic E-state index is 0.116. The summed E-state index contributed by atoms with van der Waals surface area (Å²) in [5.41, 5.74) is 4.53. The fraction of sp³-hybridized carbons (Fsp3) is 0.400. The number of amides is 3. The van der Waals surface area contributed by atoms with Crippen molar-refractivity contribution in [2.24, 2.45) is 4.99 Å². The number of methoxy groups -OCH3 is 1. The van der Waals surface area contributed by atoms with Crippen molar-refractivity contribution in [2.45, 2.75) is 69.9 Å². The second-order valence-corrected chi connectivity index (χ2v) is 10.8. The van der Waals surface area contributed by atoms with E-state index in [4.69, 9.17) is 9.72 Å². The highest BCUT2D eigenvalue weighted by Crippen LogP contribution is 2.40. The van der Waals surface area contributed by atoms with Crippen molar-refractivity contribution >= 4 is 29.0 Å². The van der Waals surface area contributed by atoms with E-state index in [1.54, 1.807) is 18.4 Å². The Hall–Kier alpha value is -3.52. The number of nitrogens with one attached hydrogen (secondary N) is 2. The van der Waals surface area contributed by atoms with Gasteiger partial charge in [-0.1, -0.05) is 50.5 Å². The normalized spacial score (nSPS) is 19.9. The number of thiazole rings is 1. The molecule has 2 N–H and O–H groups in total. The first-order valence-electron chi connectivity index (χ1n) is 13.4. The highest BCUT2D eigenvalue weighted by Gasteiger charge is 2.36. The molecule has 1 aliphatic carbocycles. The number of carbonyl (C=O) groups excluding carboxylic acids is 2. The Balaban J connectivity index is 1.32. The summed E-state index contributed by atoms with van der Waals surface area (Å²) in [4.78, 5) is 34.7. The van der Waals surface area contributed by atoms with E-state index in [0.29, 0.717) is 24.4 Å². The van der Waals surface area contributed by atoms with Crippen LogP contribution in [0.1, 0.15) is 95.5 Å². The molecule has 7 nitrogen and oxygen atoms in total. The van der Waals surface area contributed by atoms with E-state index in [0.717, 1.165) is 27.6 Å². The van der Waals surface area contributed by atoms with E-state index >= 15 is 0 Å². The summed E-state index contributed by atoms with van der Waals surface area (Å²) in [6, 6.07) is 14.5. The molecule has 1 fully saturated rings. The number of hydrogen-bond donors (Lipinski definition) is 2. The summed E-state index contributed by atoms with van der Waals surface area (Å²) in [5.74, 6) is 1.05. The Morgan fingerprint density at radius 2 is 1.82 bits per heavy atom. The van der Waals surface area contributed by atoms with Gasteiger partial charge in [0.1, 0.15) is 10.8 Å². The molecule has 0 spiro atoms. The lowest BCUT2D eigenvalue weighted by molar-refractivity contribution is 0.0951. The van der Waals surface area contributed by atoms with Gasteiger partial charge in [-0.05, 0) is 54.7 Å². The molecule has 8 heteroatoms. The molecule has 198 valence electrons. The molecule has 38 heavy (non-hydrogen) atoms. The molecule has 2 aliphatic rings. The van der Waals surface area contributed by atoms with E-state index in [-0.39, 0.29) is 23.9 Å². The monoisotopic (exact) mass is 530 g/mol. The summed E-state index contributed by atoms with van der Waals surface area (Å²) < 4.78 is 5.19. The Kier molecular flexibility index (Phi) is 8.17. The number of aromatic nitrogens is 1. The van der Waals surface area contributed by atoms with Crippen molar-refractivity contribution in [3.05, 3.63) is 81.3 Å². The van der Waals surface area contributed by atoms with Gasteiger partial charge in [0.25, 0.3) is 5.91 Å². The van der Waals surface area contributed by atoms with Gasteiger partial charge in [0.2, 0.25) is 0 Å². The van der Waals surface area contributed by atoms with Gasteiger partial charge in [0.05, 0.1) is 24.8 Å². The molecule has 2 unspecified atom stereocenters. The van der Waals surface area contributed by atoms with Gasteiger partial charge < -0.3 is 15.4 Å². The number of aliphatic imine (C=N–C) groups is 1. The maximum Gasteiger partial charge on any atom is 0.341 e. The number of carbonyl (C=O) groups is 2. The molecule has 2 aromatic carbocycles. The number of benzene rings is 2. The van der Waals surface area contributed by atoms with Gasteiger partial charge in [-0.25, -0.2) is 14.8 Å². The molecule has 0 bridgehead atoms. The zero-order valence-electron chi connectivity index (χ0n) is 21.9. The highest BCUT2D eigenvalue weighted by molar-refractivity contribution is 7.09. The third kappa shape index (κ3) is 5.80. The fourth-order valence-electron chi connectivity index (χ4n) is 5.40. The number of hydrogen-bond acceptors (Lipinski definition) is 5. The Morgan fingerprint density at radius 3 is 2.50 bits per heavy atom. The maximum absolute atomic E-state index is 12.8. The first kappa shape index (κ1) is 26.1. The van der Waals surface area contributed by atoms with Gasteiger partial charge in [0, 0.05) is 29.1 Å². The first-order valence-corrected chi connectivity index (χ1v) is 14.3. The summed E-state index contributed by atoms with van der Waals surface area (Å²) in [6.07, 6.45) is 6.92. The first-order chi connectivity index (χ1) is 18.6. The van der Waals surface area contributed by atoms with E-state index < -0.39 is 0 Å². The quantitative estimate of drug-likeness (QED) is 0.346. The standard InChI is InChI=1S/C30H34N4O3S/c1-3-24-26(29-32-25(18-38-29)20-7-5-4-6-8-20)27(34-30(36)33-24)21-11-13-22(14-12-21)28(35)31-17-19-9-15-23(37-2)16-10-19/h9-16,18,20,26-27H,3-8,17H2,1-2H3,(H,31,35)(H,34,36). The summed E-state index contributed by atoms with van der Waals surface area (Å²) in [5, 5.41) is 9.23. The average molecular weight is 531 g/mol. The van der Waals surface area contributed by atoms with Crippen LogP contribution in [0.3, 0.4) is 0 Å². The van der Waals surface area contributed by atoms with Crippen LogP contribution in [-0.4, -0.2) is 29.7 Å². The van der Waals surface area contributed by atoms with Gasteiger partial charge in [-0.15, -0.1) is 11.3 Å². The third-order valence-corrected chi connectivity index (χ3v) is 8.50. The fourth-order valence-corrected chi connectivity index (χ4v) is 6.46. The van der Waals surface area contributed by atoms with Gasteiger partial charge in [-0.3, -0.25) is 4.79 Å². The van der Waals surface area contributed by atoms with Gasteiger partial charge in [0.15, 0.2) is 0 Å². The molecule has 1 aromatic heterocycles. The lowest BCUT2D eigenvalue weighted by atomic mass is 9.86. The summed E-state index contributed by atoms with van der Waals surface area (Å²) in [6.45, 7) is 2.46. The lowest BCUT2D eigenvalue weighted by Crippen LogP contribution is -2.39. The minimum atomic E-state index is -0.325. The Morgan fingerprint density at radius 1 is 1.08 bits per heavy atom. The van der Waals surface area contributed by atoms with Crippen molar-refractivity contribution < 1.29 is 14.3 Å². The molecule has 1 aliphatic heterocycles. The molecule has 3 aromatic rings. The smallest absolute Gasteiger partial charge is 0.341 e. The second kappa shape index (κ2) is 11.9. The largest absolute Gasteiger partial charge is 0.497 e. The number of ether oxygens (including phenoxy) is 1. The molecule has 5 rings (SSSR count). The van der Waals surface area contributed by atoms with E-state index in [1.165, 1.54) is 37.8 Å². The highest BCUT2D eigenvalue weighted by atomic mass is 32.1. The molecule has 2 heterocycles. The van der Waals surface area contributed by atoms with Crippen LogP contribution < -0.4 is 15.4 Å². The van der Waals surface area contributed by atoms with Crippen LogP contribution >= 0.6 is 11.3 Å². The van der Waals surface area contributed by atoms with Crippen LogP contribution in [0.5, 0.6) is 5.75 Å². The number of rotatable bonds is 8.